The third-order valence-electron chi connectivity index (χ3n) is 20.8. The van der Waals surface area contributed by atoms with Crippen molar-refractivity contribution in [3.63, 3.8) is 0 Å². The fourth-order valence-electron chi connectivity index (χ4n) is 15.7. The Hall–Kier alpha value is -15.5. The van der Waals surface area contributed by atoms with Gasteiger partial charge in [-0.1, -0.05) is 243 Å². The Bertz CT molecular complexity index is 6200. The van der Waals surface area contributed by atoms with Gasteiger partial charge in [-0.25, -0.2) is 19.9 Å². The van der Waals surface area contributed by atoms with E-state index in [2.05, 4.69) is 332 Å². The van der Waals surface area contributed by atoms with Crippen LogP contribution >= 0.6 is 0 Å². The average molecular weight is 1520 g/mol. The van der Waals surface area contributed by atoms with Gasteiger partial charge in [0.2, 0.25) is 0 Å². The SMILES string of the molecule is c1c[nH]cn1.c1cc[nH]c1.c1ccc2c(c1)Cc1cc3c(cc1-2)Cc1ccccc1-3.c1ccc2c(c1)Cc1ccc3cc4ccccc4cc3c1-2.c1ccc2c(c1)Cc1ccc3ccccc3c1-2.c1ccc2c3c(ccc2c1)Cc1ccc2ccccc2c1-3.c1ccnnc1.c1cn[nH]c1.c1cnccn1.c1cncnc1.c1cocn1. The van der Waals surface area contributed by atoms with Crippen LogP contribution in [-0.4, -0.2) is 60.3 Å². The molecule has 0 fully saturated rings. The highest BCUT2D eigenvalue weighted by molar-refractivity contribution is 6.10. The van der Waals surface area contributed by atoms with Crippen molar-refractivity contribution in [2.45, 2.75) is 32.1 Å². The Morgan fingerprint density at radius 2 is 0.667 bits per heavy atom. The molecule has 0 amide bonds. The summed E-state index contributed by atoms with van der Waals surface area (Å²) in [5.74, 6) is 0. The summed E-state index contributed by atoms with van der Waals surface area (Å²) in [4.78, 5) is 27.6. The highest BCUT2D eigenvalue weighted by Gasteiger charge is 2.27. The summed E-state index contributed by atoms with van der Waals surface area (Å²) >= 11 is 0. The summed E-state index contributed by atoms with van der Waals surface area (Å²) in [6, 6.07) is 109. The predicted octanol–water partition coefficient (Wildman–Crippen LogP) is 24.3. The van der Waals surface area contributed by atoms with E-state index in [1.54, 1.807) is 93.0 Å². The van der Waals surface area contributed by atoms with Gasteiger partial charge in [0.25, 0.3) is 0 Å². The topological polar surface area (TPSA) is 177 Å². The van der Waals surface area contributed by atoms with Gasteiger partial charge in [0, 0.05) is 86.8 Å². The van der Waals surface area contributed by atoms with Gasteiger partial charge in [0.15, 0.2) is 6.39 Å². The van der Waals surface area contributed by atoms with E-state index in [-0.39, 0.29) is 0 Å². The molecule has 7 heterocycles. The highest BCUT2D eigenvalue weighted by atomic mass is 16.3. The zero-order valence-electron chi connectivity index (χ0n) is 64.3. The van der Waals surface area contributed by atoms with Crippen LogP contribution < -0.4 is 0 Å². The lowest BCUT2D eigenvalue weighted by Gasteiger charge is -2.09. The standard InChI is InChI=1S/2C21H14.C20H14.C17H12.3C4H4N2.C4H5N.2C3H4N2.C3H3NO/c1-3-7-18-14(5-1)9-11-16-13-17-12-10-15-6-2-4-8-19(15)21(17)20(16)18;1-2-6-15-13-20-17(11-14(15)5-1)9-10-18-12-16-7-3-4-8-19(16)21(18)20;1-3-7-17-13(5-1)9-15-11-20-16(12-19(15)17)10-14-6-2-4-8-18(14)20;1-3-7-15-12(5-1)9-10-14-11-13-6-2-4-8-16(13)17(14)15;1-2-6-4-3-5-1;1-2-5-4-6-3-1;1-2-4-6-5-3-1;1-2-4-5-3-1;1-2-5-3-4-1;1-2-4-5-3-1;1-2-5-3-4-1/h1-12H,13H2;1-11,13H,12H2;1-8,11-12H,9-10H2;1-10H,11H2;3*1-4H;1-5H;2*1-3H,(H,4,5);1-3H. The van der Waals surface area contributed by atoms with E-state index in [9.17, 15) is 0 Å². The van der Waals surface area contributed by atoms with Crippen LogP contribution in [0.3, 0.4) is 0 Å². The lowest BCUT2D eigenvalue weighted by molar-refractivity contribution is 0.558. The minimum atomic E-state index is 1.06. The van der Waals surface area contributed by atoms with Crippen molar-refractivity contribution in [3.05, 3.63) is 477 Å². The Morgan fingerprint density at radius 3 is 1.04 bits per heavy atom. The number of nitrogens with one attached hydrogen (secondary N) is 3. The molecular weight excluding hydrogens is 1430 g/mol. The molecule has 3 N–H and O–H groups in total. The molecule has 117 heavy (non-hydrogen) atoms. The molecular formula is C104H82N12O. The summed E-state index contributed by atoms with van der Waals surface area (Å²) in [5, 5.41) is 26.8. The van der Waals surface area contributed by atoms with E-state index >= 15 is 0 Å². The molecule has 0 spiro atoms. The summed E-state index contributed by atoms with van der Waals surface area (Å²) in [6.07, 6.45) is 36.8. The minimum absolute atomic E-state index is 1.06. The lowest BCUT2D eigenvalue weighted by Crippen LogP contribution is -1.85. The molecule has 0 saturated heterocycles. The number of hydrogen-bond acceptors (Lipinski definition) is 10. The largest absolute Gasteiger partial charge is 0.452 e. The number of benzene rings is 14. The summed E-state index contributed by atoms with van der Waals surface area (Å²) < 4.78 is 4.47. The average Bonchev–Trinajstić information content (AvgIpc) is 1.63. The van der Waals surface area contributed by atoms with E-state index in [1.807, 2.05) is 42.7 Å². The number of H-pyrrole nitrogens is 3. The molecule has 26 rings (SSSR count). The van der Waals surface area contributed by atoms with E-state index in [4.69, 9.17) is 0 Å². The molecule has 0 bridgehead atoms. The van der Waals surface area contributed by atoms with Crippen LogP contribution in [0.2, 0.25) is 0 Å². The maximum Gasteiger partial charge on any atom is 0.180 e. The van der Waals surface area contributed by atoms with Crippen molar-refractivity contribution in [3.8, 4) is 55.6 Å². The second kappa shape index (κ2) is 38.2. The molecule has 14 aromatic carbocycles. The van der Waals surface area contributed by atoms with E-state index in [0.29, 0.717) is 0 Å². The van der Waals surface area contributed by atoms with E-state index in [1.165, 1.54) is 184 Å². The first-order valence-electron chi connectivity index (χ1n) is 39.0. The molecule has 5 aliphatic rings. The number of rotatable bonds is 0. The van der Waals surface area contributed by atoms with Crippen LogP contribution in [0.1, 0.15) is 55.6 Å². The van der Waals surface area contributed by atoms with Crippen molar-refractivity contribution in [1.82, 2.24) is 60.3 Å². The number of hydrogen-bond donors (Lipinski definition) is 3. The third kappa shape index (κ3) is 18.4. The van der Waals surface area contributed by atoms with Gasteiger partial charge in [0.1, 0.15) is 12.6 Å². The maximum absolute atomic E-state index is 4.47. The zero-order chi connectivity index (χ0) is 78.8. The van der Waals surface area contributed by atoms with Gasteiger partial charge in [-0.3, -0.25) is 15.1 Å². The quantitative estimate of drug-likeness (QED) is 0.124. The van der Waals surface area contributed by atoms with Gasteiger partial charge in [-0.05, 0) is 258 Å². The number of nitrogens with zero attached hydrogens (tertiary/aromatic N) is 9. The van der Waals surface area contributed by atoms with Crippen LogP contribution in [0.25, 0.3) is 109 Å². The molecule has 0 unspecified atom stereocenters. The highest BCUT2D eigenvalue weighted by Crippen LogP contribution is 2.48. The molecule has 13 nitrogen and oxygen atoms in total. The van der Waals surface area contributed by atoms with Crippen molar-refractivity contribution in [1.29, 1.82) is 0 Å². The Kier molecular flexibility index (Phi) is 24.7. The van der Waals surface area contributed by atoms with Crippen LogP contribution in [0, 0.1) is 0 Å². The molecule has 0 radical (unpaired) electrons. The first-order chi connectivity index (χ1) is 58.1. The first-order valence-corrected chi connectivity index (χ1v) is 39.0. The summed E-state index contributed by atoms with van der Waals surface area (Å²) in [7, 11) is 0. The van der Waals surface area contributed by atoms with Crippen molar-refractivity contribution in [2.24, 2.45) is 0 Å². The monoisotopic (exact) mass is 1510 g/mol. The van der Waals surface area contributed by atoms with Crippen LogP contribution in [0.4, 0.5) is 0 Å². The van der Waals surface area contributed by atoms with E-state index in [0.717, 1.165) is 32.1 Å². The molecule has 5 aliphatic carbocycles. The molecule has 7 aromatic heterocycles. The Balaban J connectivity index is 0.000000102. The molecule has 13 heteroatoms. The van der Waals surface area contributed by atoms with Gasteiger partial charge < -0.3 is 14.4 Å². The number of oxazole rings is 1. The third-order valence-corrected chi connectivity index (χ3v) is 20.8. The van der Waals surface area contributed by atoms with Gasteiger partial charge >= 0.3 is 0 Å². The lowest BCUT2D eigenvalue weighted by atomic mass is 9.94. The maximum atomic E-state index is 4.47. The molecule has 564 valence electrons. The van der Waals surface area contributed by atoms with Gasteiger partial charge in [-0.15, -0.1) is 0 Å². The van der Waals surface area contributed by atoms with Gasteiger partial charge in [0.05, 0.1) is 12.5 Å². The van der Waals surface area contributed by atoms with Gasteiger partial charge in [-0.2, -0.15) is 15.3 Å². The summed E-state index contributed by atoms with van der Waals surface area (Å²) in [5.41, 5.74) is 29.0. The predicted molar refractivity (Wildman–Crippen MR) is 475 cm³/mol. The van der Waals surface area contributed by atoms with E-state index < -0.39 is 0 Å². The smallest absolute Gasteiger partial charge is 0.180 e. The van der Waals surface area contributed by atoms with Crippen LogP contribution in [-0.2, 0) is 32.1 Å². The normalized spacial score (nSPS) is 11.2. The second-order valence-electron chi connectivity index (χ2n) is 28.0. The zero-order valence-corrected chi connectivity index (χ0v) is 64.3. The molecule has 0 atom stereocenters. The Labute approximate surface area is 679 Å². The number of aromatic nitrogens is 12. The summed E-state index contributed by atoms with van der Waals surface area (Å²) in [6.45, 7) is 0. The first kappa shape index (κ1) is 75.6. The van der Waals surface area contributed by atoms with Crippen LogP contribution in [0.5, 0.6) is 0 Å². The van der Waals surface area contributed by atoms with Crippen molar-refractivity contribution >= 4 is 53.9 Å². The molecule has 0 aliphatic heterocycles. The number of aromatic amines is 3. The Morgan fingerprint density at radius 1 is 0.231 bits per heavy atom. The fourth-order valence-corrected chi connectivity index (χ4v) is 15.7. The van der Waals surface area contributed by atoms with Crippen molar-refractivity contribution in [2.75, 3.05) is 0 Å². The fraction of sp³-hybridized carbons (Fsp3) is 0.0481. The second-order valence-corrected chi connectivity index (χ2v) is 28.0. The van der Waals surface area contributed by atoms with Crippen LogP contribution in [0.15, 0.2) is 426 Å². The molecule has 21 aromatic rings. The minimum Gasteiger partial charge on any atom is -0.452 e. The number of imidazole rings is 1. The molecule has 0 saturated carbocycles. The van der Waals surface area contributed by atoms with Crippen molar-refractivity contribution < 1.29 is 4.42 Å². The number of fused-ring (bicyclic) bond motifs is 24.